The molecule has 2 aliphatic heterocycles. The Labute approximate surface area is 209 Å². The van der Waals surface area contributed by atoms with E-state index in [1.54, 1.807) is 7.11 Å². The molecule has 0 bridgehead atoms. The van der Waals surface area contributed by atoms with Gasteiger partial charge in [-0.2, -0.15) is 0 Å². The maximum Gasteiger partial charge on any atom is 0.254 e. The molecule has 2 amide bonds. The van der Waals surface area contributed by atoms with Gasteiger partial charge in [0.1, 0.15) is 5.75 Å². The van der Waals surface area contributed by atoms with E-state index in [2.05, 4.69) is 23.6 Å². The number of amides is 2. The molecular weight excluding hydrogens is 436 g/mol. The lowest BCUT2D eigenvalue weighted by Crippen LogP contribution is -2.54. The first kappa shape index (κ1) is 23.9. The molecule has 2 fully saturated rings. The Bertz CT molecular complexity index is 1050. The van der Waals surface area contributed by atoms with E-state index in [4.69, 9.17) is 4.74 Å². The third-order valence-corrected chi connectivity index (χ3v) is 8.25. The summed E-state index contributed by atoms with van der Waals surface area (Å²) in [6.07, 6.45) is 6.63. The first-order valence-electron chi connectivity index (χ1n) is 13.3. The summed E-state index contributed by atoms with van der Waals surface area (Å²) in [6, 6.07) is 15.6. The zero-order valence-corrected chi connectivity index (χ0v) is 21.3. The number of fused-ring (bicyclic) bond motifs is 1. The summed E-state index contributed by atoms with van der Waals surface area (Å²) in [5, 5.41) is 0. The predicted octanol–water partition coefficient (Wildman–Crippen LogP) is 5.81. The Morgan fingerprint density at radius 1 is 0.914 bits per heavy atom. The number of likely N-dealkylation sites (tertiary alicyclic amines) is 1. The molecule has 5 nitrogen and oxygen atoms in total. The zero-order valence-electron chi connectivity index (χ0n) is 21.3. The quantitative estimate of drug-likeness (QED) is 0.562. The monoisotopic (exact) mass is 474 g/mol. The van der Waals surface area contributed by atoms with E-state index in [-0.39, 0.29) is 23.9 Å². The first-order valence-corrected chi connectivity index (χ1v) is 13.3. The number of rotatable bonds is 4. The Hall–Kier alpha value is -2.82. The molecule has 2 aromatic rings. The fraction of sp³-hybridized carbons (Fsp3) is 0.533. The van der Waals surface area contributed by atoms with Crippen molar-refractivity contribution in [1.82, 2.24) is 9.80 Å². The van der Waals surface area contributed by atoms with E-state index in [0.717, 1.165) is 62.1 Å². The van der Waals surface area contributed by atoms with E-state index in [9.17, 15) is 9.59 Å². The molecule has 0 N–H and O–H groups in total. The van der Waals surface area contributed by atoms with Crippen molar-refractivity contribution in [2.75, 3.05) is 20.2 Å². The van der Waals surface area contributed by atoms with Crippen molar-refractivity contribution in [3.63, 3.8) is 0 Å². The second kappa shape index (κ2) is 10.0. The van der Waals surface area contributed by atoms with Crippen LogP contribution in [0.15, 0.2) is 48.5 Å². The van der Waals surface area contributed by atoms with Gasteiger partial charge in [0, 0.05) is 24.7 Å². The SMILES string of the molecule is COc1ccc(C2C(C(=O)N3CC(C)CC(C)C3)c3ccccc3C(=O)N2C2CCCCC2)cc1. The molecule has 5 rings (SSSR count). The van der Waals surface area contributed by atoms with Gasteiger partial charge < -0.3 is 14.5 Å². The molecule has 1 saturated carbocycles. The van der Waals surface area contributed by atoms with Gasteiger partial charge in [-0.05, 0) is 60.4 Å². The third kappa shape index (κ3) is 4.57. The van der Waals surface area contributed by atoms with Crippen LogP contribution in [0, 0.1) is 11.8 Å². The zero-order chi connectivity index (χ0) is 24.5. The number of methoxy groups -OCH3 is 1. The van der Waals surface area contributed by atoms with Crippen molar-refractivity contribution in [2.45, 2.75) is 70.4 Å². The number of benzene rings is 2. The second-order valence-corrected chi connectivity index (χ2v) is 11.0. The molecule has 0 aromatic heterocycles. The van der Waals surface area contributed by atoms with Crippen LogP contribution in [-0.4, -0.2) is 47.9 Å². The lowest BCUT2D eigenvalue weighted by molar-refractivity contribution is -0.137. The average Bonchev–Trinajstić information content (AvgIpc) is 2.88. The molecule has 1 aliphatic carbocycles. The van der Waals surface area contributed by atoms with Crippen molar-refractivity contribution in [2.24, 2.45) is 11.8 Å². The van der Waals surface area contributed by atoms with Crippen LogP contribution < -0.4 is 4.74 Å². The molecule has 1 saturated heterocycles. The van der Waals surface area contributed by atoms with Crippen LogP contribution in [0.2, 0.25) is 0 Å². The highest BCUT2D eigenvalue weighted by atomic mass is 16.5. The van der Waals surface area contributed by atoms with Crippen molar-refractivity contribution in [3.05, 3.63) is 65.2 Å². The van der Waals surface area contributed by atoms with E-state index in [1.807, 2.05) is 48.5 Å². The van der Waals surface area contributed by atoms with Gasteiger partial charge in [-0.3, -0.25) is 9.59 Å². The summed E-state index contributed by atoms with van der Waals surface area (Å²) in [6.45, 7) is 6.05. The minimum atomic E-state index is -0.406. The second-order valence-electron chi connectivity index (χ2n) is 11.0. The topological polar surface area (TPSA) is 49.9 Å². The number of piperidine rings is 1. The number of hydrogen-bond donors (Lipinski definition) is 0. The molecule has 2 aromatic carbocycles. The maximum atomic E-state index is 14.4. The average molecular weight is 475 g/mol. The van der Waals surface area contributed by atoms with Crippen LogP contribution in [0.4, 0.5) is 0 Å². The largest absolute Gasteiger partial charge is 0.497 e. The number of ether oxygens (including phenoxy) is 1. The predicted molar refractivity (Wildman–Crippen MR) is 137 cm³/mol. The lowest BCUT2D eigenvalue weighted by atomic mass is 9.76. The Kier molecular flexibility index (Phi) is 6.86. The van der Waals surface area contributed by atoms with Gasteiger partial charge in [-0.15, -0.1) is 0 Å². The summed E-state index contributed by atoms with van der Waals surface area (Å²) < 4.78 is 5.41. The van der Waals surface area contributed by atoms with Crippen LogP contribution >= 0.6 is 0 Å². The molecule has 35 heavy (non-hydrogen) atoms. The summed E-state index contributed by atoms with van der Waals surface area (Å²) >= 11 is 0. The Morgan fingerprint density at radius 3 is 2.23 bits per heavy atom. The van der Waals surface area contributed by atoms with Gasteiger partial charge in [0.2, 0.25) is 5.91 Å². The fourth-order valence-corrected chi connectivity index (χ4v) is 6.77. The van der Waals surface area contributed by atoms with E-state index in [1.165, 1.54) is 6.42 Å². The van der Waals surface area contributed by atoms with E-state index in [0.29, 0.717) is 17.4 Å². The van der Waals surface area contributed by atoms with Gasteiger partial charge in [0.25, 0.3) is 5.91 Å². The number of hydrogen-bond acceptors (Lipinski definition) is 3. The minimum absolute atomic E-state index is 0.0674. The van der Waals surface area contributed by atoms with Gasteiger partial charge in [0.15, 0.2) is 0 Å². The van der Waals surface area contributed by atoms with E-state index < -0.39 is 5.92 Å². The van der Waals surface area contributed by atoms with Crippen molar-refractivity contribution in [1.29, 1.82) is 0 Å². The molecular formula is C30H38N2O3. The van der Waals surface area contributed by atoms with Crippen LogP contribution in [-0.2, 0) is 4.79 Å². The standard InChI is InChI=1S/C30H38N2O3/c1-20-17-21(2)19-31(18-20)30(34)27-25-11-7-8-12-26(25)29(33)32(23-9-5-4-6-10-23)28(27)22-13-15-24(35-3)16-14-22/h7-8,11-16,20-21,23,27-28H,4-6,9-10,17-19H2,1-3H3. The normalized spacial score (nSPS) is 27.5. The minimum Gasteiger partial charge on any atom is -0.497 e. The summed E-state index contributed by atoms with van der Waals surface area (Å²) in [5.41, 5.74) is 2.58. The summed E-state index contributed by atoms with van der Waals surface area (Å²) in [4.78, 5) is 32.6. The first-order chi connectivity index (χ1) is 17.0. The molecule has 0 spiro atoms. The van der Waals surface area contributed by atoms with Crippen molar-refractivity contribution in [3.8, 4) is 5.75 Å². The third-order valence-electron chi connectivity index (χ3n) is 8.25. The van der Waals surface area contributed by atoms with Crippen molar-refractivity contribution < 1.29 is 14.3 Å². The highest BCUT2D eigenvalue weighted by Gasteiger charge is 2.48. The highest BCUT2D eigenvalue weighted by molar-refractivity contribution is 6.01. The van der Waals surface area contributed by atoms with Crippen LogP contribution in [0.5, 0.6) is 5.75 Å². The summed E-state index contributed by atoms with van der Waals surface area (Å²) in [7, 11) is 1.66. The lowest BCUT2D eigenvalue weighted by Gasteiger charge is -2.48. The van der Waals surface area contributed by atoms with Crippen LogP contribution in [0.3, 0.4) is 0 Å². The van der Waals surface area contributed by atoms with Crippen LogP contribution in [0.25, 0.3) is 0 Å². The summed E-state index contributed by atoms with van der Waals surface area (Å²) in [5.74, 6) is 1.57. The number of nitrogens with zero attached hydrogens (tertiary/aromatic N) is 2. The highest BCUT2D eigenvalue weighted by Crippen LogP contribution is 2.47. The Balaban J connectivity index is 1.64. The van der Waals surface area contributed by atoms with E-state index >= 15 is 0 Å². The molecule has 4 unspecified atom stereocenters. The number of carbonyl (C=O) groups excluding carboxylic acids is 2. The number of carbonyl (C=O) groups is 2. The molecule has 4 atom stereocenters. The van der Waals surface area contributed by atoms with Gasteiger partial charge in [0.05, 0.1) is 19.1 Å². The fourth-order valence-electron chi connectivity index (χ4n) is 6.77. The smallest absolute Gasteiger partial charge is 0.254 e. The molecule has 3 aliphatic rings. The van der Waals surface area contributed by atoms with Gasteiger partial charge in [-0.1, -0.05) is 63.4 Å². The van der Waals surface area contributed by atoms with Crippen molar-refractivity contribution >= 4 is 11.8 Å². The van der Waals surface area contributed by atoms with Gasteiger partial charge >= 0.3 is 0 Å². The molecule has 186 valence electrons. The molecule has 2 heterocycles. The Morgan fingerprint density at radius 2 is 1.57 bits per heavy atom. The van der Waals surface area contributed by atoms with Gasteiger partial charge in [-0.25, -0.2) is 0 Å². The van der Waals surface area contributed by atoms with Crippen LogP contribution in [0.1, 0.15) is 85.8 Å². The molecule has 5 heteroatoms. The maximum absolute atomic E-state index is 14.4. The molecule has 0 radical (unpaired) electrons.